The smallest absolute Gasteiger partial charge is 0.230 e. The van der Waals surface area contributed by atoms with E-state index < -0.39 is 0 Å². The average molecular weight is 272 g/mol. The second-order valence-corrected chi connectivity index (χ2v) is 5.10. The normalized spacial score (nSPS) is 10.1. The van der Waals surface area contributed by atoms with Gasteiger partial charge in [0, 0.05) is 24.7 Å². The van der Waals surface area contributed by atoms with E-state index in [9.17, 15) is 4.79 Å². The molecule has 0 fully saturated rings. The number of pyridine rings is 1. The Bertz CT molecular complexity index is 502. The molecule has 0 aliphatic carbocycles. The molecule has 0 saturated heterocycles. The summed E-state index contributed by atoms with van der Waals surface area (Å²) in [5.41, 5.74) is 2.26. The first-order valence-corrected chi connectivity index (χ1v) is 7.27. The summed E-state index contributed by atoms with van der Waals surface area (Å²) in [5, 5.41) is 2.89. The number of thioether (sulfide) groups is 1. The van der Waals surface area contributed by atoms with E-state index in [0.717, 1.165) is 11.3 Å². The van der Waals surface area contributed by atoms with Crippen molar-refractivity contribution >= 4 is 17.7 Å². The van der Waals surface area contributed by atoms with Gasteiger partial charge >= 0.3 is 0 Å². The number of carbonyl (C=O) groups is 1. The highest BCUT2D eigenvalue weighted by atomic mass is 32.2. The number of nitrogens with one attached hydrogen (secondary N) is 1. The topological polar surface area (TPSA) is 42.0 Å². The quantitative estimate of drug-likeness (QED) is 0.879. The predicted octanol–water partition coefficient (Wildman–Crippen LogP) is 2.63. The minimum Gasteiger partial charge on any atom is -0.351 e. The number of hydrogen-bond donors (Lipinski definition) is 1. The molecule has 1 aromatic carbocycles. The molecule has 2 aromatic rings. The molecule has 0 aliphatic heterocycles. The molecular weight excluding hydrogens is 256 g/mol. The molecule has 1 heterocycles. The van der Waals surface area contributed by atoms with Gasteiger partial charge < -0.3 is 5.32 Å². The number of rotatable bonds is 6. The lowest BCUT2D eigenvalue weighted by atomic mass is 10.2. The minimum atomic E-state index is 0.0600. The standard InChI is InChI=1S/C15H16N2OS/c18-15(17-10-14-7-4-8-16-9-14)12-19-11-13-5-2-1-3-6-13/h1-9H,10-12H2,(H,17,18). The monoisotopic (exact) mass is 272 g/mol. The van der Waals surface area contributed by atoms with Crippen molar-refractivity contribution < 1.29 is 4.79 Å². The summed E-state index contributed by atoms with van der Waals surface area (Å²) >= 11 is 1.62. The van der Waals surface area contributed by atoms with Gasteiger partial charge in [-0.15, -0.1) is 11.8 Å². The summed E-state index contributed by atoms with van der Waals surface area (Å²) < 4.78 is 0. The summed E-state index contributed by atoms with van der Waals surface area (Å²) in [6, 6.07) is 14.0. The van der Waals surface area contributed by atoms with E-state index >= 15 is 0 Å². The highest BCUT2D eigenvalue weighted by molar-refractivity contribution is 7.99. The van der Waals surface area contributed by atoms with Gasteiger partial charge in [0.25, 0.3) is 0 Å². The first kappa shape index (κ1) is 13.6. The van der Waals surface area contributed by atoms with E-state index in [-0.39, 0.29) is 5.91 Å². The van der Waals surface area contributed by atoms with E-state index in [1.165, 1.54) is 5.56 Å². The summed E-state index contributed by atoms with van der Waals surface area (Å²) in [5.74, 6) is 1.40. The van der Waals surface area contributed by atoms with Crippen LogP contribution in [0.15, 0.2) is 54.9 Å². The average Bonchev–Trinajstić information content (AvgIpc) is 2.47. The Morgan fingerprint density at radius 3 is 2.63 bits per heavy atom. The maximum atomic E-state index is 11.7. The van der Waals surface area contributed by atoms with Crippen molar-refractivity contribution in [3.8, 4) is 0 Å². The van der Waals surface area contributed by atoms with Crippen molar-refractivity contribution in [2.24, 2.45) is 0 Å². The lowest BCUT2D eigenvalue weighted by Gasteiger charge is -2.05. The first-order valence-electron chi connectivity index (χ1n) is 6.12. The van der Waals surface area contributed by atoms with Crippen LogP contribution in [0.1, 0.15) is 11.1 Å². The molecule has 0 saturated carbocycles. The van der Waals surface area contributed by atoms with Gasteiger partial charge in [-0.05, 0) is 17.2 Å². The lowest BCUT2D eigenvalue weighted by Crippen LogP contribution is -2.24. The predicted molar refractivity (Wildman–Crippen MR) is 78.7 cm³/mol. The van der Waals surface area contributed by atoms with Crippen LogP contribution in [0.3, 0.4) is 0 Å². The van der Waals surface area contributed by atoms with Crippen molar-refractivity contribution in [2.45, 2.75) is 12.3 Å². The second-order valence-electron chi connectivity index (χ2n) is 4.12. The van der Waals surface area contributed by atoms with Crippen LogP contribution < -0.4 is 5.32 Å². The van der Waals surface area contributed by atoms with Gasteiger partial charge in [-0.2, -0.15) is 0 Å². The van der Waals surface area contributed by atoms with Crippen LogP contribution in [0.4, 0.5) is 0 Å². The van der Waals surface area contributed by atoms with Crippen LogP contribution in [0.2, 0.25) is 0 Å². The van der Waals surface area contributed by atoms with Crippen molar-refractivity contribution in [3.05, 3.63) is 66.0 Å². The van der Waals surface area contributed by atoms with Crippen molar-refractivity contribution in [2.75, 3.05) is 5.75 Å². The molecule has 1 amide bonds. The van der Waals surface area contributed by atoms with Gasteiger partial charge in [-0.1, -0.05) is 36.4 Å². The number of benzene rings is 1. The van der Waals surface area contributed by atoms with Gasteiger partial charge in [0.1, 0.15) is 0 Å². The molecule has 1 aromatic heterocycles. The third-order valence-electron chi connectivity index (χ3n) is 2.56. The molecule has 19 heavy (non-hydrogen) atoms. The molecule has 0 unspecified atom stereocenters. The molecular formula is C15H16N2OS. The van der Waals surface area contributed by atoms with Gasteiger partial charge in [0.05, 0.1) is 5.75 Å². The second kappa shape index (κ2) is 7.59. The molecule has 1 N–H and O–H groups in total. The molecule has 98 valence electrons. The van der Waals surface area contributed by atoms with E-state index in [1.54, 1.807) is 24.2 Å². The Morgan fingerprint density at radius 1 is 1.11 bits per heavy atom. The fourth-order valence-electron chi connectivity index (χ4n) is 1.59. The lowest BCUT2D eigenvalue weighted by molar-refractivity contribution is -0.118. The summed E-state index contributed by atoms with van der Waals surface area (Å²) in [4.78, 5) is 15.7. The molecule has 3 nitrogen and oxygen atoms in total. The van der Waals surface area contributed by atoms with Crippen LogP contribution >= 0.6 is 11.8 Å². The summed E-state index contributed by atoms with van der Waals surface area (Å²) in [6.45, 7) is 0.540. The van der Waals surface area contributed by atoms with Gasteiger partial charge in [-0.3, -0.25) is 9.78 Å². The fourth-order valence-corrected chi connectivity index (χ4v) is 2.41. The van der Waals surface area contributed by atoms with Gasteiger partial charge in [-0.25, -0.2) is 0 Å². The number of hydrogen-bond acceptors (Lipinski definition) is 3. The molecule has 0 atom stereocenters. The molecule has 4 heteroatoms. The van der Waals surface area contributed by atoms with Crippen LogP contribution in [0, 0.1) is 0 Å². The Hall–Kier alpha value is -1.81. The zero-order valence-electron chi connectivity index (χ0n) is 10.6. The van der Waals surface area contributed by atoms with Crippen LogP contribution in [0.25, 0.3) is 0 Å². The molecule has 2 rings (SSSR count). The van der Waals surface area contributed by atoms with Crippen molar-refractivity contribution in [3.63, 3.8) is 0 Å². The number of nitrogens with zero attached hydrogens (tertiary/aromatic N) is 1. The maximum absolute atomic E-state index is 11.7. The fraction of sp³-hybridized carbons (Fsp3) is 0.200. The van der Waals surface area contributed by atoms with E-state index in [2.05, 4.69) is 22.4 Å². The van der Waals surface area contributed by atoms with Crippen molar-refractivity contribution in [1.82, 2.24) is 10.3 Å². The molecule has 0 radical (unpaired) electrons. The highest BCUT2D eigenvalue weighted by Crippen LogP contribution is 2.11. The minimum absolute atomic E-state index is 0.0600. The maximum Gasteiger partial charge on any atom is 0.230 e. The number of amides is 1. The van der Waals surface area contributed by atoms with E-state index in [0.29, 0.717) is 12.3 Å². The van der Waals surface area contributed by atoms with Gasteiger partial charge in [0.2, 0.25) is 5.91 Å². The summed E-state index contributed by atoms with van der Waals surface area (Å²) in [7, 11) is 0. The summed E-state index contributed by atoms with van der Waals surface area (Å²) in [6.07, 6.45) is 3.48. The molecule has 0 spiro atoms. The highest BCUT2D eigenvalue weighted by Gasteiger charge is 2.02. The molecule has 0 bridgehead atoms. The largest absolute Gasteiger partial charge is 0.351 e. The molecule has 0 aliphatic rings. The van der Waals surface area contributed by atoms with Crippen LogP contribution in [-0.4, -0.2) is 16.6 Å². The van der Waals surface area contributed by atoms with Gasteiger partial charge in [0.15, 0.2) is 0 Å². The Labute approximate surface area is 117 Å². The first-order chi connectivity index (χ1) is 9.34. The number of carbonyl (C=O) groups excluding carboxylic acids is 1. The van der Waals surface area contributed by atoms with Crippen LogP contribution in [-0.2, 0) is 17.1 Å². The third kappa shape index (κ3) is 5.14. The SMILES string of the molecule is O=C(CSCc1ccccc1)NCc1cccnc1. The number of aromatic nitrogens is 1. The zero-order chi connectivity index (χ0) is 13.3. The Kier molecular flexibility index (Phi) is 5.44. The Morgan fingerprint density at radius 2 is 1.89 bits per heavy atom. The zero-order valence-corrected chi connectivity index (χ0v) is 11.4. The Balaban J connectivity index is 1.65. The van der Waals surface area contributed by atoms with Crippen LogP contribution in [0.5, 0.6) is 0 Å². The van der Waals surface area contributed by atoms with Crippen molar-refractivity contribution in [1.29, 1.82) is 0 Å². The third-order valence-corrected chi connectivity index (χ3v) is 3.56. The van der Waals surface area contributed by atoms with E-state index in [1.807, 2.05) is 30.3 Å². The van der Waals surface area contributed by atoms with E-state index in [4.69, 9.17) is 0 Å².